The van der Waals surface area contributed by atoms with Gasteiger partial charge >= 0.3 is 5.97 Å². The fourth-order valence-electron chi connectivity index (χ4n) is 2.89. The van der Waals surface area contributed by atoms with Crippen LogP contribution in [-0.4, -0.2) is 75.7 Å². The van der Waals surface area contributed by atoms with E-state index in [9.17, 15) is 34.2 Å². The summed E-state index contributed by atoms with van der Waals surface area (Å²) in [5.41, 5.74) is 11.1. The maximum atomic E-state index is 12.8. The molecule has 0 aliphatic heterocycles. The minimum atomic E-state index is -1.47. The fraction of sp³-hybridized carbons (Fsp3) is 0.476. The molecule has 4 atom stereocenters. The number of aliphatic hydroxyl groups excluding tert-OH is 1. The van der Waals surface area contributed by atoms with E-state index >= 15 is 0 Å². The zero-order valence-corrected chi connectivity index (χ0v) is 18.9. The van der Waals surface area contributed by atoms with Gasteiger partial charge in [0.2, 0.25) is 23.6 Å². The average Bonchev–Trinajstić information content (AvgIpc) is 2.76. The third-order valence-corrected chi connectivity index (χ3v) is 4.81. The Balaban J connectivity index is 2.97. The number of carboxylic acids is 1. The lowest BCUT2D eigenvalue weighted by Gasteiger charge is -2.26. The minimum absolute atomic E-state index is 0.000189. The third kappa shape index (κ3) is 9.03. The molecule has 0 spiro atoms. The van der Waals surface area contributed by atoms with Crippen molar-refractivity contribution in [2.45, 2.75) is 50.9 Å². The fourth-order valence-corrected chi connectivity index (χ4v) is 2.89. The predicted octanol–water partition coefficient (Wildman–Crippen LogP) is -2.68. The molecule has 0 aromatic heterocycles. The molecule has 0 saturated carbocycles. The summed E-state index contributed by atoms with van der Waals surface area (Å²) in [5.74, 6) is -5.36. The number of aliphatic carboxylic acids is 1. The maximum Gasteiger partial charge on any atom is 0.326 e. The molecule has 1 aromatic rings. The van der Waals surface area contributed by atoms with Crippen molar-refractivity contribution in [1.29, 1.82) is 0 Å². The topological polar surface area (TPSA) is 234 Å². The number of carboxylic acid groups (broad SMARTS) is 1. The second-order valence-corrected chi connectivity index (χ2v) is 8.02. The van der Waals surface area contributed by atoms with Crippen molar-refractivity contribution >= 4 is 29.6 Å². The van der Waals surface area contributed by atoms with E-state index in [0.29, 0.717) is 5.56 Å². The van der Waals surface area contributed by atoms with Gasteiger partial charge in [0, 0.05) is 6.42 Å². The molecule has 4 amide bonds. The highest BCUT2D eigenvalue weighted by Crippen LogP contribution is 2.12. The van der Waals surface area contributed by atoms with Gasteiger partial charge in [-0.3, -0.25) is 19.2 Å². The Kier molecular flexibility index (Phi) is 10.9. The Hall–Kier alpha value is -3.71. The van der Waals surface area contributed by atoms with Crippen LogP contribution in [0.5, 0.6) is 5.75 Å². The Bertz CT molecular complexity index is 890. The lowest BCUT2D eigenvalue weighted by Crippen LogP contribution is -2.59. The molecule has 0 saturated heterocycles. The molecule has 1 rings (SSSR count). The van der Waals surface area contributed by atoms with Crippen LogP contribution < -0.4 is 27.4 Å². The van der Waals surface area contributed by atoms with Gasteiger partial charge in [0.25, 0.3) is 0 Å². The first kappa shape index (κ1) is 28.3. The smallest absolute Gasteiger partial charge is 0.326 e. The van der Waals surface area contributed by atoms with Crippen LogP contribution in [0.3, 0.4) is 0 Å². The summed E-state index contributed by atoms with van der Waals surface area (Å²) < 4.78 is 0. The first-order chi connectivity index (χ1) is 15.8. The number of rotatable bonds is 13. The highest BCUT2D eigenvalue weighted by Gasteiger charge is 2.32. The molecule has 0 bridgehead atoms. The minimum Gasteiger partial charge on any atom is -0.508 e. The van der Waals surface area contributed by atoms with Crippen molar-refractivity contribution in [3.8, 4) is 5.75 Å². The van der Waals surface area contributed by atoms with Gasteiger partial charge in [-0.2, -0.15) is 0 Å². The summed E-state index contributed by atoms with van der Waals surface area (Å²) in [4.78, 5) is 60.6. The Morgan fingerprint density at radius 3 is 1.94 bits per heavy atom. The van der Waals surface area contributed by atoms with E-state index in [-0.39, 0.29) is 12.2 Å². The van der Waals surface area contributed by atoms with Crippen LogP contribution in [0.1, 0.15) is 25.8 Å². The molecular formula is C21H31N5O8. The second kappa shape index (κ2) is 13.1. The van der Waals surface area contributed by atoms with E-state index in [1.54, 1.807) is 13.8 Å². The van der Waals surface area contributed by atoms with E-state index in [2.05, 4.69) is 16.0 Å². The van der Waals surface area contributed by atoms with Gasteiger partial charge in [0.05, 0.1) is 13.0 Å². The number of phenolic OH excluding ortho intramolecular Hbond substituents is 1. The zero-order valence-electron chi connectivity index (χ0n) is 18.9. The molecule has 0 aliphatic rings. The molecule has 0 heterocycles. The van der Waals surface area contributed by atoms with E-state index in [0.717, 1.165) is 0 Å². The van der Waals surface area contributed by atoms with Crippen molar-refractivity contribution in [2.75, 3.05) is 6.61 Å². The van der Waals surface area contributed by atoms with E-state index < -0.39 is 72.7 Å². The maximum absolute atomic E-state index is 12.8. The molecule has 13 nitrogen and oxygen atoms in total. The number of aliphatic hydroxyl groups is 1. The second-order valence-electron chi connectivity index (χ2n) is 8.02. The number of aromatic hydroxyl groups is 1. The molecule has 0 radical (unpaired) electrons. The Labute approximate surface area is 195 Å². The largest absolute Gasteiger partial charge is 0.508 e. The van der Waals surface area contributed by atoms with Crippen LogP contribution in [0.2, 0.25) is 0 Å². The number of nitrogens with one attached hydrogen (secondary N) is 3. The van der Waals surface area contributed by atoms with Crippen molar-refractivity contribution in [3.63, 3.8) is 0 Å². The highest BCUT2D eigenvalue weighted by molar-refractivity contribution is 5.96. The van der Waals surface area contributed by atoms with Crippen LogP contribution in [-0.2, 0) is 30.4 Å². The summed E-state index contributed by atoms with van der Waals surface area (Å²) >= 11 is 0. The number of carbonyl (C=O) groups is 5. The third-order valence-electron chi connectivity index (χ3n) is 4.81. The number of benzene rings is 1. The number of primary amides is 1. The number of carbonyl (C=O) groups excluding carboxylic acids is 4. The number of phenols is 1. The van der Waals surface area contributed by atoms with Gasteiger partial charge in [-0.1, -0.05) is 26.0 Å². The van der Waals surface area contributed by atoms with Crippen LogP contribution in [0, 0.1) is 5.92 Å². The summed E-state index contributed by atoms with van der Waals surface area (Å²) in [7, 11) is 0. The Morgan fingerprint density at radius 1 is 0.912 bits per heavy atom. The summed E-state index contributed by atoms with van der Waals surface area (Å²) in [6.07, 6.45) is -0.680. The summed E-state index contributed by atoms with van der Waals surface area (Å²) in [5, 5.41) is 34.8. The molecule has 0 fully saturated rings. The quantitative estimate of drug-likeness (QED) is 0.146. The lowest BCUT2D eigenvalue weighted by molar-refractivity contribution is -0.142. The first-order valence-electron chi connectivity index (χ1n) is 10.4. The van der Waals surface area contributed by atoms with Crippen LogP contribution in [0.4, 0.5) is 0 Å². The first-order valence-corrected chi connectivity index (χ1v) is 10.4. The molecule has 13 heteroatoms. The van der Waals surface area contributed by atoms with Crippen molar-refractivity contribution < 1.29 is 39.3 Å². The molecule has 1 aromatic carbocycles. The van der Waals surface area contributed by atoms with Crippen LogP contribution >= 0.6 is 0 Å². The molecule has 0 aliphatic carbocycles. The van der Waals surface area contributed by atoms with Crippen molar-refractivity contribution in [2.24, 2.45) is 17.4 Å². The lowest BCUT2D eigenvalue weighted by atomic mass is 10.0. The van der Waals surface area contributed by atoms with Crippen molar-refractivity contribution in [1.82, 2.24) is 16.0 Å². The van der Waals surface area contributed by atoms with E-state index in [1.807, 2.05) is 0 Å². The Morgan fingerprint density at radius 2 is 1.47 bits per heavy atom. The van der Waals surface area contributed by atoms with Crippen molar-refractivity contribution in [3.05, 3.63) is 29.8 Å². The zero-order chi connectivity index (χ0) is 26.0. The van der Waals surface area contributed by atoms with Gasteiger partial charge in [0.1, 0.15) is 29.9 Å². The summed E-state index contributed by atoms with van der Waals surface area (Å²) in [6.45, 7) is 2.50. The molecule has 34 heavy (non-hydrogen) atoms. The molecule has 188 valence electrons. The molecule has 4 unspecified atom stereocenters. The predicted molar refractivity (Wildman–Crippen MR) is 119 cm³/mol. The molecule has 10 N–H and O–H groups in total. The number of hydrogen-bond donors (Lipinski definition) is 8. The number of nitrogens with two attached hydrogens (primary N) is 2. The monoisotopic (exact) mass is 481 g/mol. The van der Waals surface area contributed by atoms with Crippen LogP contribution in [0.25, 0.3) is 0 Å². The molecular weight excluding hydrogens is 450 g/mol. The van der Waals surface area contributed by atoms with E-state index in [1.165, 1.54) is 24.3 Å². The normalized spacial score (nSPS) is 14.4. The number of hydrogen-bond acceptors (Lipinski definition) is 8. The average molecular weight is 482 g/mol. The van der Waals surface area contributed by atoms with Gasteiger partial charge in [-0.15, -0.1) is 0 Å². The van der Waals surface area contributed by atoms with Gasteiger partial charge < -0.3 is 42.7 Å². The van der Waals surface area contributed by atoms with Gasteiger partial charge in [-0.25, -0.2) is 4.79 Å². The van der Waals surface area contributed by atoms with Crippen LogP contribution in [0.15, 0.2) is 24.3 Å². The standard InChI is InChI=1S/C21H31N5O8/c1-10(2)17(26-19(31)14(8-16(23)29)24-18(30)13(22)9-27)20(32)25-15(21(33)34)7-11-3-5-12(28)6-4-11/h3-6,10,13-15,17,27-28H,7-9,22H2,1-2H3,(H2,23,29)(H,24,30)(H,25,32)(H,26,31)(H,33,34). The highest BCUT2D eigenvalue weighted by atomic mass is 16.4. The van der Waals surface area contributed by atoms with E-state index in [4.69, 9.17) is 16.6 Å². The SMILES string of the molecule is CC(C)C(NC(=O)C(CC(N)=O)NC(=O)C(N)CO)C(=O)NC(Cc1ccc(O)cc1)C(=O)O. The van der Waals surface area contributed by atoms with Gasteiger partial charge in [0.15, 0.2) is 0 Å². The van der Waals surface area contributed by atoms with Gasteiger partial charge in [-0.05, 0) is 23.6 Å². The summed E-state index contributed by atoms with van der Waals surface area (Å²) in [6, 6.07) is 0.409. The number of amides is 4.